The summed E-state index contributed by atoms with van der Waals surface area (Å²) >= 11 is 0. The van der Waals surface area contributed by atoms with E-state index >= 15 is 0 Å². The zero-order chi connectivity index (χ0) is 9.35. The van der Waals surface area contributed by atoms with Gasteiger partial charge in [0.05, 0.1) is 19.6 Å². The largest absolute Gasteiger partial charge is 0.469 e. The molecule has 0 spiro atoms. The second-order valence-corrected chi connectivity index (χ2v) is 3.74. The summed E-state index contributed by atoms with van der Waals surface area (Å²) in [5, 5.41) is 2.80. The third-order valence-corrected chi connectivity index (χ3v) is 2.78. The van der Waals surface area contributed by atoms with E-state index < -0.39 is 0 Å². The molecule has 1 rings (SSSR count). The van der Waals surface area contributed by atoms with Gasteiger partial charge in [0, 0.05) is 5.92 Å². The van der Waals surface area contributed by atoms with Crippen LogP contribution in [0.2, 0.25) is 0 Å². The van der Waals surface area contributed by atoms with Gasteiger partial charge in [-0.1, -0.05) is 19.0 Å². The molecule has 2 unspecified atom stereocenters. The summed E-state index contributed by atoms with van der Waals surface area (Å²) < 4.78 is 4.60. The fourth-order valence-corrected chi connectivity index (χ4v) is 1.76. The van der Waals surface area contributed by atoms with E-state index in [9.17, 15) is 9.70 Å². The number of ether oxygens (including phenoxy) is 1. The quantitative estimate of drug-likeness (QED) is 0.473. The highest BCUT2D eigenvalue weighted by Gasteiger charge is 2.62. The molecule has 0 saturated heterocycles. The Morgan fingerprint density at radius 2 is 2.17 bits per heavy atom. The van der Waals surface area contributed by atoms with Crippen molar-refractivity contribution in [3.63, 3.8) is 0 Å². The van der Waals surface area contributed by atoms with E-state index in [1.54, 1.807) is 0 Å². The van der Waals surface area contributed by atoms with E-state index in [1.807, 2.05) is 13.8 Å². The van der Waals surface area contributed by atoms with Crippen molar-refractivity contribution in [2.75, 3.05) is 13.7 Å². The molecule has 0 aromatic rings. The van der Waals surface area contributed by atoms with Crippen LogP contribution in [0.25, 0.3) is 0 Å². The van der Waals surface area contributed by atoms with Crippen molar-refractivity contribution >= 4 is 5.97 Å². The second-order valence-electron chi connectivity index (χ2n) is 3.74. The van der Waals surface area contributed by atoms with Crippen LogP contribution >= 0.6 is 0 Å². The highest BCUT2D eigenvalue weighted by atomic mass is 16.5. The highest BCUT2D eigenvalue weighted by molar-refractivity contribution is 5.77. The summed E-state index contributed by atoms with van der Waals surface area (Å²) in [6.07, 6.45) is 0. The van der Waals surface area contributed by atoms with E-state index in [2.05, 4.69) is 9.91 Å². The van der Waals surface area contributed by atoms with Crippen molar-refractivity contribution in [2.24, 2.45) is 22.4 Å². The lowest BCUT2D eigenvalue weighted by molar-refractivity contribution is -0.143. The summed E-state index contributed by atoms with van der Waals surface area (Å²) in [6, 6.07) is 0. The van der Waals surface area contributed by atoms with Gasteiger partial charge in [-0.2, -0.15) is 4.91 Å². The lowest BCUT2D eigenvalue weighted by Crippen LogP contribution is -2.07. The minimum Gasteiger partial charge on any atom is -0.469 e. The SMILES string of the molecule is COC(=O)C1C(CN=O)C1(C)C. The number of hydrogen-bond donors (Lipinski definition) is 0. The Hall–Kier alpha value is -0.930. The average Bonchev–Trinajstić information content (AvgIpc) is 2.53. The summed E-state index contributed by atoms with van der Waals surface area (Å²) in [5.41, 5.74) is -0.110. The number of nitrogens with zero attached hydrogens (tertiary/aromatic N) is 1. The van der Waals surface area contributed by atoms with Crippen molar-refractivity contribution in [1.29, 1.82) is 0 Å². The van der Waals surface area contributed by atoms with Crippen LogP contribution in [-0.4, -0.2) is 19.6 Å². The standard InChI is InChI=1S/C8H13NO3/c1-8(2)5(4-9-11)6(8)7(10)12-3/h5-6H,4H2,1-3H3. The molecule has 4 heteroatoms. The lowest BCUT2D eigenvalue weighted by atomic mass is 10.1. The van der Waals surface area contributed by atoms with Gasteiger partial charge >= 0.3 is 5.97 Å². The van der Waals surface area contributed by atoms with Crippen LogP contribution in [0, 0.1) is 22.2 Å². The number of carbonyl (C=O) groups is 1. The molecule has 1 saturated carbocycles. The summed E-state index contributed by atoms with van der Waals surface area (Å²) in [7, 11) is 1.36. The number of esters is 1. The molecule has 0 amide bonds. The maximum atomic E-state index is 11.1. The summed E-state index contributed by atoms with van der Waals surface area (Å²) in [5.74, 6) is -0.295. The third-order valence-electron chi connectivity index (χ3n) is 2.78. The molecule has 4 nitrogen and oxygen atoms in total. The first-order valence-corrected chi connectivity index (χ1v) is 3.92. The topological polar surface area (TPSA) is 55.7 Å². The molecule has 12 heavy (non-hydrogen) atoms. The van der Waals surface area contributed by atoms with Gasteiger partial charge in [-0.15, -0.1) is 0 Å². The molecule has 0 aromatic heterocycles. The van der Waals surface area contributed by atoms with Crippen LogP contribution in [0.1, 0.15) is 13.8 Å². The fraction of sp³-hybridized carbons (Fsp3) is 0.875. The number of rotatable bonds is 3. The van der Waals surface area contributed by atoms with Crippen molar-refractivity contribution in [3.8, 4) is 0 Å². The van der Waals surface area contributed by atoms with Gasteiger partial charge < -0.3 is 4.74 Å². The number of methoxy groups -OCH3 is 1. The Bertz CT molecular complexity index is 212. The Labute approximate surface area is 71.3 Å². The maximum absolute atomic E-state index is 11.1. The van der Waals surface area contributed by atoms with Gasteiger partial charge in [0.1, 0.15) is 0 Å². The molecule has 68 valence electrons. The number of carbonyl (C=O) groups excluding carboxylic acids is 1. The van der Waals surface area contributed by atoms with E-state index in [0.29, 0.717) is 0 Å². The van der Waals surface area contributed by atoms with Crippen molar-refractivity contribution in [3.05, 3.63) is 4.91 Å². The van der Waals surface area contributed by atoms with Gasteiger partial charge in [-0.05, 0) is 5.41 Å². The molecule has 0 aliphatic heterocycles. The highest BCUT2D eigenvalue weighted by Crippen LogP contribution is 2.58. The molecule has 0 bridgehead atoms. The van der Waals surface area contributed by atoms with Gasteiger partial charge in [-0.25, -0.2) is 0 Å². The maximum Gasteiger partial charge on any atom is 0.309 e. The monoisotopic (exact) mass is 171 g/mol. The average molecular weight is 171 g/mol. The fourth-order valence-electron chi connectivity index (χ4n) is 1.76. The van der Waals surface area contributed by atoms with Crippen LogP contribution in [0.15, 0.2) is 5.18 Å². The normalized spacial score (nSPS) is 30.9. The summed E-state index contributed by atoms with van der Waals surface area (Å²) in [4.78, 5) is 21.1. The minimum atomic E-state index is -0.228. The Morgan fingerprint density at radius 3 is 2.58 bits per heavy atom. The van der Waals surface area contributed by atoms with Gasteiger partial charge in [0.25, 0.3) is 0 Å². The van der Waals surface area contributed by atoms with E-state index in [-0.39, 0.29) is 29.8 Å². The number of hydrogen-bond acceptors (Lipinski definition) is 4. The molecular weight excluding hydrogens is 158 g/mol. The summed E-state index contributed by atoms with van der Waals surface area (Å²) in [6.45, 7) is 4.11. The molecule has 1 fully saturated rings. The van der Waals surface area contributed by atoms with E-state index in [0.717, 1.165) is 0 Å². The third kappa shape index (κ3) is 1.21. The second kappa shape index (κ2) is 2.84. The first-order chi connectivity index (χ1) is 5.55. The zero-order valence-corrected chi connectivity index (χ0v) is 7.53. The predicted molar refractivity (Wildman–Crippen MR) is 43.4 cm³/mol. The molecule has 1 aliphatic carbocycles. The van der Waals surface area contributed by atoms with E-state index in [1.165, 1.54) is 7.11 Å². The van der Waals surface area contributed by atoms with Crippen LogP contribution in [0.5, 0.6) is 0 Å². The smallest absolute Gasteiger partial charge is 0.309 e. The van der Waals surface area contributed by atoms with Gasteiger partial charge in [0.15, 0.2) is 0 Å². The molecule has 0 N–H and O–H groups in total. The van der Waals surface area contributed by atoms with Crippen LogP contribution < -0.4 is 0 Å². The lowest BCUT2D eigenvalue weighted by Gasteiger charge is -1.99. The van der Waals surface area contributed by atoms with Crippen molar-refractivity contribution in [2.45, 2.75) is 13.8 Å². The first-order valence-electron chi connectivity index (χ1n) is 3.92. The van der Waals surface area contributed by atoms with Gasteiger partial charge in [-0.3, -0.25) is 4.79 Å². The minimum absolute atomic E-state index is 0.0717. The van der Waals surface area contributed by atoms with Crippen molar-refractivity contribution in [1.82, 2.24) is 0 Å². The van der Waals surface area contributed by atoms with Gasteiger partial charge in [0.2, 0.25) is 0 Å². The Morgan fingerprint density at radius 1 is 1.58 bits per heavy atom. The molecule has 1 aliphatic rings. The zero-order valence-electron chi connectivity index (χ0n) is 7.53. The van der Waals surface area contributed by atoms with Crippen LogP contribution in [0.4, 0.5) is 0 Å². The van der Waals surface area contributed by atoms with Crippen LogP contribution in [0.3, 0.4) is 0 Å². The Kier molecular flexibility index (Phi) is 2.17. The Balaban J connectivity index is 2.59. The molecule has 0 radical (unpaired) electrons. The molecule has 2 atom stereocenters. The predicted octanol–water partition coefficient (Wildman–Crippen LogP) is 1.20. The van der Waals surface area contributed by atoms with Crippen LogP contribution in [-0.2, 0) is 9.53 Å². The van der Waals surface area contributed by atoms with E-state index in [4.69, 9.17) is 0 Å². The molecule has 0 heterocycles. The number of nitroso groups, excluding NO2 is 1. The first kappa shape index (κ1) is 9.16. The van der Waals surface area contributed by atoms with Crippen molar-refractivity contribution < 1.29 is 9.53 Å². The molecular formula is C8H13NO3. The molecule has 0 aromatic carbocycles.